The van der Waals surface area contributed by atoms with E-state index >= 15 is 0 Å². The molecule has 0 amide bonds. The number of nitrogens with two attached hydrogens (primary N) is 1. The minimum atomic E-state index is -4.86. The van der Waals surface area contributed by atoms with Crippen molar-refractivity contribution >= 4 is 5.69 Å². The number of pyridine rings is 1. The largest absolute Gasteiger partial charge is 0.574 e. The van der Waals surface area contributed by atoms with E-state index in [1.54, 1.807) is 0 Å². The summed E-state index contributed by atoms with van der Waals surface area (Å²) in [5.74, 6) is -1.62. The molecule has 0 aliphatic heterocycles. The molecule has 3 nitrogen and oxygen atoms in total. The highest BCUT2D eigenvalue weighted by atomic mass is 19.4. The number of nitrogens with zero attached hydrogens (tertiary/aromatic N) is 1. The van der Waals surface area contributed by atoms with Crippen LogP contribution in [0.15, 0.2) is 6.07 Å². The van der Waals surface area contributed by atoms with Crippen molar-refractivity contribution in [2.45, 2.75) is 13.3 Å². The molecule has 1 aromatic rings. The van der Waals surface area contributed by atoms with Crippen molar-refractivity contribution in [1.82, 2.24) is 4.98 Å². The highest BCUT2D eigenvalue weighted by Crippen LogP contribution is 2.24. The number of hydrogen-bond acceptors (Lipinski definition) is 3. The van der Waals surface area contributed by atoms with Crippen molar-refractivity contribution in [2.75, 3.05) is 5.73 Å². The lowest BCUT2D eigenvalue weighted by molar-refractivity contribution is -0.276. The zero-order chi connectivity index (χ0) is 10.9. The number of anilines is 1. The quantitative estimate of drug-likeness (QED) is 0.721. The Balaban J connectivity index is 3.02. The third-order valence-corrected chi connectivity index (χ3v) is 1.35. The second kappa shape index (κ2) is 3.32. The molecule has 7 heteroatoms. The lowest BCUT2D eigenvalue weighted by Crippen LogP contribution is -2.18. The molecule has 0 radical (unpaired) electrons. The van der Waals surface area contributed by atoms with Gasteiger partial charge < -0.3 is 10.5 Å². The first-order valence-corrected chi connectivity index (χ1v) is 3.48. The predicted molar refractivity (Wildman–Crippen MR) is 40.0 cm³/mol. The predicted octanol–water partition coefficient (Wildman–Crippen LogP) is 2.01. The maximum atomic E-state index is 12.8. The lowest BCUT2D eigenvalue weighted by Gasteiger charge is -2.09. The molecule has 1 aromatic heterocycles. The normalized spacial score (nSPS) is 11.5. The Morgan fingerprint density at radius 3 is 2.43 bits per heavy atom. The molecule has 0 saturated heterocycles. The van der Waals surface area contributed by atoms with Gasteiger partial charge in [0.25, 0.3) is 0 Å². The molecule has 0 atom stereocenters. The molecule has 1 rings (SSSR count). The van der Waals surface area contributed by atoms with Crippen LogP contribution in [0.5, 0.6) is 5.88 Å². The zero-order valence-corrected chi connectivity index (χ0v) is 7.02. The summed E-state index contributed by atoms with van der Waals surface area (Å²) in [6.45, 7) is 1.19. The van der Waals surface area contributed by atoms with E-state index in [0.29, 0.717) is 6.07 Å². The van der Waals surface area contributed by atoms with Crippen molar-refractivity contribution in [1.29, 1.82) is 0 Å². The summed E-state index contributed by atoms with van der Waals surface area (Å²) < 4.78 is 51.4. The number of aryl methyl sites for hydroxylation is 1. The second-order valence-corrected chi connectivity index (χ2v) is 2.50. The summed E-state index contributed by atoms with van der Waals surface area (Å²) in [5, 5.41) is 0. The van der Waals surface area contributed by atoms with Crippen LogP contribution in [-0.2, 0) is 0 Å². The summed E-state index contributed by atoms with van der Waals surface area (Å²) in [5.41, 5.74) is 4.40. The Morgan fingerprint density at radius 1 is 1.43 bits per heavy atom. The van der Waals surface area contributed by atoms with Gasteiger partial charge >= 0.3 is 6.36 Å². The molecule has 0 bridgehead atoms. The maximum absolute atomic E-state index is 12.8. The number of nitrogen functional groups attached to an aromatic ring is 1. The van der Waals surface area contributed by atoms with E-state index in [-0.39, 0.29) is 5.69 Å². The first-order chi connectivity index (χ1) is 6.29. The minimum absolute atomic E-state index is 0.246. The van der Waals surface area contributed by atoms with Crippen molar-refractivity contribution in [2.24, 2.45) is 0 Å². The third-order valence-electron chi connectivity index (χ3n) is 1.35. The lowest BCUT2D eigenvalue weighted by atomic mass is 10.3. The van der Waals surface area contributed by atoms with Gasteiger partial charge in [-0.05, 0) is 6.92 Å². The summed E-state index contributed by atoms with van der Waals surface area (Å²) >= 11 is 0. The molecule has 14 heavy (non-hydrogen) atoms. The van der Waals surface area contributed by atoms with E-state index < -0.39 is 23.7 Å². The van der Waals surface area contributed by atoms with E-state index in [1.165, 1.54) is 6.92 Å². The Hall–Kier alpha value is -1.53. The van der Waals surface area contributed by atoms with Gasteiger partial charge in [-0.3, -0.25) is 0 Å². The van der Waals surface area contributed by atoms with E-state index in [9.17, 15) is 17.6 Å². The standard InChI is InChI=1S/C7H6F4N2O/c1-3-6(8)4(12)2-5(13-3)14-7(9,10)11/h2H,1H3,(H2,12,13). The van der Waals surface area contributed by atoms with Gasteiger partial charge in [0.2, 0.25) is 5.88 Å². The van der Waals surface area contributed by atoms with Gasteiger partial charge in [0.15, 0.2) is 5.82 Å². The van der Waals surface area contributed by atoms with Crippen LogP contribution in [0.1, 0.15) is 5.69 Å². The van der Waals surface area contributed by atoms with Crippen LogP contribution in [0, 0.1) is 12.7 Å². The Morgan fingerprint density at radius 2 is 2.00 bits per heavy atom. The van der Waals surface area contributed by atoms with Crippen LogP contribution in [0.25, 0.3) is 0 Å². The van der Waals surface area contributed by atoms with Crippen LogP contribution in [0.4, 0.5) is 23.2 Å². The van der Waals surface area contributed by atoms with Gasteiger partial charge in [-0.15, -0.1) is 13.2 Å². The Labute approximate surface area is 76.5 Å². The summed E-state index contributed by atoms with van der Waals surface area (Å²) in [6, 6.07) is 0.676. The molecule has 0 unspecified atom stereocenters. The topological polar surface area (TPSA) is 48.1 Å². The fourth-order valence-corrected chi connectivity index (χ4v) is 0.823. The zero-order valence-electron chi connectivity index (χ0n) is 7.02. The van der Waals surface area contributed by atoms with Crippen LogP contribution in [0.3, 0.4) is 0 Å². The summed E-state index contributed by atoms with van der Waals surface area (Å²) in [6.07, 6.45) is -4.86. The highest BCUT2D eigenvalue weighted by molar-refractivity contribution is 5.44. The molecular weight excluding hydrogens is 204 g/mol. The molecule has 0 aliphatic carbocycles. The number of rotatable bonds is 1. The molecule has 0 spiro atoms. The summed E-state index contributed by atoms with van der Waals surface area (Å²) in [4.78, 5) is 3.22. The average molecular weight is 210 g/mol. The number of hydrogen-bond donors (Lipinski definition) is 1. The smallest absolute Gasteiger partial charge is 0.396 e. The fraction of sp³-hybridized carbons (Fsp3) is 0.286. The molecule has 0 saturated carbocycles. The highest BCUT2D eigenvalue weighted by Gasteiger charge is 2.32. The molecular formula is C7H6F4N2O. The SMILES string of the molecule is Cc1nc(OC(F)(F)F)cc(N)c1F. The second-order valence-electron chi connectivity index (χ2n) is 2.50. The third kappa shape index (κ3) is 2.48. The Kier molecular flexibility index (Phi) is 2.50. The number of ether oxygens (including phenoxy) is 1. The fourth-order valence-electron chi connectivity index (χ4n) is 0.823. The van der Waals surface area contributed by atoms with Crippen molar-refractivity contribution in [3.8, 4) is 5.88 Å². The molecule has 0 aromatic carbocycles. The van der Waals surface area contributed by atoms with Gasteiger partial charge in [-0.1, -0.05) is 0 Å². The minimum Gasteiger partial charge on any atom is -0.396 e. The van der Waals surface area contributed by atoms with Gasteiger partial charge in [0.05, 0.1) is 11.4 Å². The van der Waals surface area contributed by atoms with Crippen LogP contribution >= 0.6 is 0 Å². The molecule has 0 aliphatic rings. The first-order valence-electron chi connectivity index (χ1n) is 3.48. The van der Waals surface area contributed by atoms with Gasteiger partial charge in [0.1, 0.15) is 0 Å². The summed E-state index contributed by atoms with van der Waals surface area (Å²) in [7, 11) is 0. The van der Waals surface area contributed by atoms with Gasteiger partial charge in [-0.2, -0.15) is 0 Å². The van der Waals surface area contributed by atoms with Crippen LogP contribution in [0.2, 0.25) is 0 Å². The van der Waals surface area contributed by atoms with E-state index in [1.807, 2.05) is 0 Å². The number of alkyl halides is 3. The van der Waals surface area contributed by atoms with Gasteiger partial charge in [0, 0.05) is 6.07 Å². The molecule has 0 fully saturated rings. The van der Waals surface area contributed by atoms with Crippen molar-refractivity contribution in [3.05, 3.63) is 17.6 Å². The van der Waals surface area contributed by atoms with Gasteiger partial charge in [-0.25, -0.2) is 9.37 Å². The molecule has 78 valence electrons. The van der Waals surface area contributed by atoms with Crippen molar-refractivity contribution in [3.63, 3.8) is 0 Å². The van der Waals surface area contributed by atoms with Crippen molar-refractivity contribution < 1.29 is 22.3 Å². The van der Waals surface area contributed by atoms with Crippen LogP contribution in [-0.4, -0.2) is 11.3 Å². The van der Waals surface area contributed by atoms with Crippen LogP contribution < -0.4 is 10.5 Å². The average Bonchev–Trinajstić information content (AvgIpc) is 1.96. The Bertz CT molecular complexity index is 327. The number of aromatic nitrogens is 1. The number of halogens is 4. The maximum Gasteiger partial charge on any atom is 0.574 e. The van der Waals surface area contributed by atoms with E-state index in [4.69, 9.17) is 5.73 Å². The molecule has 1 heterocycles. The first kappa shape index (κ1) is 10.6. The van der Waals surface area contributed by atoms with E-state index in [0.717, 1.165) is 0 Å². The van der Waals surface area contributed by atoms with E-state index in [2.05, 4.69) is 9.72 Å². The molecule has 2 N–H and O–H groups in total. The monoisotopic (exact) mass is 210 g/mol.